The van der Waals surface area contributed by atoms with Crippen LogP contribution in [0.3, 0.4) is 0 Å². The fourth-order valence-corrected chi connectivity index (χ4v) is 4.18. The Morgan fingerprint density at radius 2 is 1.58 bits per heavy atom. The van der Waals surface area contributed by atoms with Crippen LogP contribution in [0, 0.1) is 0 Å². The molecule has 1 heterocycles. The fraction of sp³-hybridized carbons (Fsp3) is 0.346. The molecule has 1 fully saturated rings. The third kappa shape index (κ3) is 5.43. The summed E-state index contributed by atoms with van der Waals surface area (Å²) in [5, 5.41) is 2.63. The average Bonchev–Trinajstić information content (AvgIpc) is 2.81. The first-order chi connectivity index (χ1) is 15.1. The Bertz CT molecular complexity index is 1010. The number of carbonyl (C=O) groups is 1. The Hall–Kier alpha value is -2.89. The third-order valence-electron chi connectivity index (χ3n) is 6.10. The molecule has 1 aliphatic rings. The van der Waals surface area contributed by atoms with E-state index in [4.69, 9.17) is 4.74 Å². The average molecular weight is 418 g/mol. The maximum atomic E-state index is 12.7. The Morgan fingerprint density at radius 3 is 2.32 bits per heavy atom. The third-order valence-corrected chi connectivity index (χ3v) is 6.10. The summed E-state index contributed by atoms with van der Waals surface area (Å²) >= 11 is 0. The van der Waals surface area contributed by atoms with Crippen LogP contribution >= 0.6 is 0 Å². The van der Waals surface area contributed by atoms with Gasteiger partial charge in [-0.15, -0.1) is 0 Å². The molecule has 162 valence electrons. The summed E-state index contributed by atoms with van der Waals surface area (Å²) < 4.78 is 5.20. The van der Waals surface area contributed by atoms with Gasteiger partial charge in [0.15, 0.2) is 0 Å². The second kappa shape index (κ2) is 9.94. The van der Waals surface area contributed by atoms with E-state index in [1.807, 2.05) is 36.2 Å². The zero-order valence-corrected chi connectivity index (χ0v) is 18.5. The number of nitrogens with zero attached hydrogens (tertiary/aromatic N) is 3. The quantitative estimate of drug-likeness (QED) is 0.588. The molecular formula is C26H31N3O2. The lowest BCUT2D eigenvalue weighted by molar-refractivity contribution is -0.132. The number of fused-ring (bicyclic) bond motifs is 1. The molecule has 0 atom stereocenters. The number of ether oxygens (including phenoxy) is 1. The lowest BCUT2D eigenvalue weighted by Gasteiger charge is -2.35. The van der Waals surface area contributed by atoms with Crippen LogP contribution in [0.5, 0.6) is 5.75 Å². The van der Waals surface area contributed by atoms with Gasteiger partial charge in [0, 0.05) is 46.3 Å². The van der Waals surface area contributed by atoms with Gasteiger partial charge in [0.05, 0.1) is 13.7 Å². The molecule has 1 aliphatic heterocycles. The maximum absolute atomic E-state index is 12.7. The van der Waals surface area contributed by atoms with Crippen molar-refractivity contribution < 1.29 is 9.53 Å². The van der Waals surface area contributed by atoms with E-state index in [9.17, 15) is 4.79 Å². The number of amides is 1. The number of rotatable bonds is 7. The van der Waals surface area contributed by atoms with E-state index in [2.05, 4.69) is 52.3 Å². The van der Waals surface area contributed by atoms with Crippen molar-refractivity contribution in [1.82, 2.24) is 14.7 Å². The molecule has 5 heteroatoms. The molecule has 3 aromatic rings. The van der Waals surface area contributed by atoms with Crippen molar-refractivity contribution in [2.45, 2.75) is 13.1 Å². The van der Waals surface area contributed by atoms with Crippen molar-refractivity contribution in [3.05, 3.63) is 77.9 Å². The first kappa shape index (κ1) is 21.3. The largest absolute Gasteiger partial charge is 0.497 e. The maximum Gasteiger partial charge on any atom is 0.236 e. The first-order valence-electron chi connectivity index (χ1n) is 10.9. The van der Waals surface area contributed by atoms with E-state index in [1.54, 1.807) is 7.11 Å². The first-order valence-corrected chi connectivity index (χ1v) is 10.9. The molecule has 0 aliphatic carbocycles. The molecule has 5 nitrogen and oxygen atoms in total. The number of hydrogen-bond donors (Lipinski definition) is 0. The van der Waals surface area contributed by atoms with Crippen LogP contribution in [0.25, 0.3) is 10.8 Å². The van der Waals surface area contributed by atoms with Crippen LogP contribution in [0.1, 0.15) is 11.1 Å². The predicted octanol–water partition coefficient (Wildman–Crippen LogP) is 3.62. The summed E-state index contributed by atoms with van der Waals surface area (Å²) in [5.41, 5.74) is 2.48. The van der Waals surface area contributed by atoms with Gasteiger partial charge in [0.1, 0.15) is 5.75 Å². The van der Waals surface area contributed by atoms with E-state index in [-0.39, 0.29) is 5.91 Å². The standard InChI is InChI=1S/C26H31N3O2/c1-27(18-21-10-12-24(31-2)13-11-21)26(30)20-29-16-14-28(15-17-29)19-23-8-5-7-22-6-3-4-9-25(22)23/h3-13H,14-20H2,1-2H3. The van der Waals surface area contributed by atoms with Gasteiger partial charge in [-0.2, -0.15) is 0 Å². The monoisotopic (exact) mass is 417 g/mol. The van der Waals surface area contributed by atoms with Crippen molar-refractivity contribution in [3.63, 3.8) is 0 Å². The predicted molar refractivity (Wildman–Crippen MR) is 125 cm³/mol. The summed E-state index contributed by atoms with van der Waals surface area (Å²) in [6, 6.07) is 23.0. The molecule has 31 heavy (non-hydrogen) atoms. The molecule has 1 amide bonds. The molecule has 0 spiro atoms. The van der Waals surface area contributed by atoms with E-state index in [1.165, 1.54) is 16.3 Å². The smallest absolute Gasteiger partial charge is 0.236 e. The minimum Gasteiger partial charge on any atom is -0.497 e. The number of hydrogen-bond acceptors (Lipinski definition) is 4. The van der Waals surface area contributed by atoms with Gasteiger partial charge in [0.2, 0.25) is 5.91 Å². The lowest BCUT2D eigenvalue weighted by atomic mass is 10.0. The molecule has 0 unspecified atom stereocenters. The summed E-state index contributed by atoms with van der Waals surface area (Å²) in [5.74, 6) is 0.998. The zero-order chi connectivity index (χ0) is 21.6. The van der Waals surface area contributed by atoms with Gasteiger partial charge < -0.3 is 9.64 Å². The second-order valence-electron chi connectivity index (χ2n) is 8.29. The van der Waals surface area contributed by atoms with Gasteiger partial charge in [-0.1, -0.05) is 54.6 Å². The molecule has 0 N–H and O–H groups in total. The van der Waals surface area contributed by atoms with Crippen molar-refractivity contribution >= 4 is 16.7 Å². The minimum atomic E-state index is 0.165. The zero-order valence-electron chi connectivity index (χ0n) is 18.5. The van der Waals surface area contributed by atoms with E-state index in [0.29, 0.717) is 13.1 Å². The topological polar surface area (TPSA) is 36.0 Å². The summed E-state index contributed by atoms with van der Waals surface area (Å²) in [7, 11) is 3.54. The number of piperazine rings is 1. The molecule has 0 aromatic heterocycles. The number of benzene rings is 3. The van der Waals surface area contributed by atoms with Gasteiger partial charge in [0.25, 0.3) is 0 Å². The van der Waals surface area contributed by atoms with Crippen molar-refractivity contribution in [2.24, 2.45) is 0 Å². The molecule has 4 rings (SSSR count). The van der Waals surface area contributed by atoms with E-state index in [0.717, 1.165) is 44.0 Å². The molecular weight excluding hydrogens is 386 g/mol. The highest BCUT2D eigenvalue weighted by molar-refractivity contribution is 5.85. The van der Waals surface area contributed by atoms with Gasteiger partial charge in [-0.25, -0.2) is 0 Å². The molecule has 1 saturated heterocycles. The SMILES string of the molecule is COc1ccc(CN(C)C(=O)CN2CCN(Cc3cccc4ccccc34)CC2)cc1. The lowest BCUT2D eigenvalue weighted by Crippen LogP contribution is -2.49. The highest BCUT2D eigenvalue weighted by atomic mass is 16.5. The van der Waals surface area contributed by atoms with Gasteiger partial charge >= 0.3 is 0 Å². The van der Waals surface area contributed by atoms with Gasteiger partial charge in [-0.3, -0.25) is 14.6 Å². The van der Waals surface area contributed by atoms with Crippen LogP contribution in [-0.2, 0) is 17.9 Å². The van der Waals surface area contributed by atoms with Crippen LogP contribution < -0.4 is 4.74 Å². The number of likely N-dealkylation sites (N-methyl/N-ethyl adjacent to an activating group) is 1. The van der Waals surface area contributed by atoms with Crippen LogP contribution in [0.15, 0.2) is 66.7 Å². The minimum absolute atomic E-state index is 0.165. The number of carbonyl (C=O) groups excluding carboxylic acids is 1. The van der Waals surface area contributed by atoms with E-state index >= 15 is 0 Å². The Balaban J connectivity index is 1.26. The fourth-order valence-electron chi connectivity index (χ4n) is 4.18. The molecule has 0 bridgehead atoms. The Labute approximate surface area is 184 Å². The molecule has 0 radical (unpaired) electrons. The highest BCUT2D eigenvalue weighted by Crippen LogP contribution is 2.20. The van der Waals surface area contributed by atoms with Crippen molar-refractivity contribution in [1.29, 1.82) is 0 Å². The normalized spacial score (nSPS) is 15.2. The van der Waals surface area contributed by atoms with Gasteiger partial charge in [-0.05, 0) is 34.0 Å². The summed E-state index contributed by atoms with van der Waals surface area (Å²) in [6.45, 7) is 5.87. The van der Waals surface area contributed by atoms with Crippen molar-refractivity contribution in [3.8, 4) is 5.75 Å². The van der Waals surface area contributed by atoms with Crippen LogP contribution in [-0.4, -0.2) is 67.5 Å². The van der Waals surface area contributed by atoms with E-state index < -0.39 is 0 Å². The molecule has 0 saturated carbocycles. The Morgan fingerprint density at radius 1 is 0.903 bits per heavy atom. The highest BCUT2D eigenvalue weighted by Gasteiger charge is 2.21. The van der Waals surface area contributed by atoms with Crippen molar-refractivity contribution in [2.75, 3.05) is 46.9 Å². The van der Waals surface area contributed by atoms with Crippen LogP contribution in [0.2, 0.25) is 0 Å². The Kier molecular flexibility index (Phi) is 6.85. The summed E-state index contributed by atoms with van der Waals surface area (Å²) in [6.07, 6.45) is 0. The number of methoxy groups -OCH3 is 1. The second-order valence-corrected chi connectivity index (χ2v) is 8.29. The molecule has 3 aromatic carbocycles. The van der Waals surface area contributed by atoms with Crippen LogP contribution in [0.4, 0.5) is 0 Å². The summed E-state index contributed by atoms with van der Waals surface area (Å²) in [4.78, 5) is 19.3.